The van der Waals surface area contributed by atoms with Gasteiger partial charge in [-0.15, -0.1) is 4.28 Å². The van der Waals surface area contributed by atoms with Gasteiger partial charge in [-0.1, -0.05) is 0 Å². The predicted octanol–water partition coefficient (Wildman–Crippen LogP) is -2.21. The number of amides is 3. The van der Waals surface area contributed by atoms with Gasteiger partial charge in [-0.25, -0.2) is 5.06 Å². The van der Waals surface area contributed by atoms with E-state index in [1.807, 2.05) is 0 Å². The summed E-state index contributed by atoms with van der Waals surface area (Å²) in [4.78, 5) is 37.0. The van der Waals surface area contributed by atoms with Gasteiger partial charge in [0.05, 0.1) is 18.0 Å². The van der Waals surface area contributed by atoms with Crippen molar-refractivity contribution in [3.8, 4) is 0 Å². The Morgan fingerprint density at radius 3 is 2.52 bits per heavy atom. The predicted molar refractivity (Wildman–Crippen MR) is 91.9 cm³/mol. The number of hydrogen-bond acceptors (Lipinski definition) is 8. The third-order valence-electron chi connectivity index (χ3n) is 4.73. The van der Waals surface area contributed by atoms with Crippen LogP contribution in [-0.4, -0.2) is 79.9 Å². The van der Waals surface area contributed by atoms with E-state index in [0.717, 1.165) is 19.4 Å². The molecule has 0 aromatic heterocycles. The van der Waals surface area contributed by atoms with E-state index in [2.05, 4.69) is 20.5 Å². The zero-order chi connectivity index (χ0) is 20.0. The van der Waals surface area contributed by atoms with Crippen molar-refractivity contribution in [2.45, 2.75) is 37.8 Å². The molecule has 2 aliphatic rings. The second-order valence-electron chi connectivity index (χ2n) is 6.68. The topological polar surface area (TPSA) is 157 Å². The highest BCUT2D eigenvalue weighted by Gasteiger charge is 2.35. The zero-order valence-electron chi connectivity index (χ0n) is 15.0. The number of carbonyl (C=O) groups excluding carboxylic acids is 3. The van der Waals surface area contributed by atoms with Crippen molar-refractivity contribution >= 4 is 28.6 Å². The molecule has 154 valence electrons. The van der Waals surface area contributed by atoms with Crippen LogP contribution in [0.1, 0.15) is 25.7 Å². The van der Waals surface area contributed by atoms with Gasteiger partial charge in [-0.3, -0.25) is 34.7 Å². The molecule has 2 heterocycles. The molecule has 2 rings (SSSR count). The molecule has 3 atom stereocenters. The normalized spacial score (nSPS) is 26.8. The van der Waals surface area contributed by atoms with E-state index in [9.17, 15) is 22.8 Å². The summed E-state index contributed by atoms with van der Waals surface area (Å²) in [5, 5.41) is 3.64. The molecule has 2 fully saturated rings. The minimum atomic E-state index is -4.82. The molecule has 4 N–H and O–H groups in total. The standard InChI is InChI=1S/C14H25N5O7S/c1-18-8-11(19(9-20)26-27(23,24)25)4-5-12(18)14(22)17-16-13(21)10-3-2-6-15-7-10/h9-12,15H,2-8H2,1H3,(H,16,21)(H,17,22)(H,23,24,25). The van der Waals surface area contributed by atoms with Gasteiger partial charge in [0, 0.05) is 13.1 Å². The number of hydroxylamine groups is 2. The maximum absolute atomic E-state index is 12.3. The van der Waals surface area contributed by atoms with Crippen molar-refractivity contribution in [1.82, 2.24) is 26.1 Å². The van der Waals surface area contributed by atoms with Crippen molar-refractivity contribution in [3.63, 3.8) is 0 Å². The second kappa shape index (κ2) is 9.41. The molecule has 27 heavy (non-hydrogen) atoms. The van der Waals surface area contributed by atoms with Gasteiger partial charge in [-0.2, -0.15) is 8.42 Å². The third-order valence-corrected chi connectivity index (χ3v) is 5.09. The molecule has 0 aromatic rings. The van der Waals surface area contributed by atoms with Crippen molar-refractivity contribution in [2.75, 3.05) is 26.7 Å². The summed E-state index contributed by atoms with van der Waals surface area (Å²) < 4.78 is 34.5. The molecule has 0 bridgehead atoms. The van der Waals surface area contributed by atoms with E-state index in [4.69, 9.17) is 4.55 Å². The smallest absolute Gasteiger partial charge is 0.316 e. The van der Waals surface area contributed by atoms with Crippen LogP contribution < -0.4 is 16.2 Å². The number of nitrogens with zero attached hydrogens (tertiary/aromatic N) is 2. The minimum absolute atomic E-state index is 0.146. The first-order chi connectivity index (χ1) is 12.7. The number of carbonyl (C=O) groups is 3. The molecular weight excluding hydrogens is 382 g/mol. The van der Waals surface area contributed by atoms with Crippen LogP contribution in [0.15, 0.2) is 0 Å². The molecule has 3 amide bonds. The summed E-state index contributed by atoms with van der Waals surface area (Å²) in [6.07, 6.45) is 2.39. The monoisotopic (exact) mass is 407 g/mol. The number of rotatable bonds is 6. The van der Waals surface area contributed by atoms with Gasteiger partial charge >= 0.3 is 10.4 Å². The number of piperidine rings is 2. The summed E-state index contributed by atoms with van der Waals surface area (Å²) in [7, 11) is -3.19. The highest BCUT2D eigenvalue weighted by molar-refractivity contribution is 7.80. The van der Waals surface area contributed by atoms with E-state index < -0.39 is 28.4 Å². The van der Waals surface area contributed by atoms with Crippen molar-refractivity contribution in [3.05, 3.63) is 0 Å². The van der Waals surface area contributed by atoms with Crippen LogP contribution in [0.25, 0.3) is 0 Å². The lowest BCUT2D eigenvalue weighted by Crippen LogP contribution is -2.58. The fourth-order valence-corrected chi connectivity index (χ4v) is 3.69. The second-order valence-corrected chi connectivity index (χ2v) is 7.68. The first-order valence-corrected chi connectivity index (χ1v) is 9.99. The fourth-order valence-electron chi connectivity index (χ4n) is 3.32. The van der Waals surface area contributed by atoms with Crippen LogP contribution in [0.2, 0.25) is 0 Å². The Bertz CT molecular complexity index is 652. The van der Waals surface area contributed by atoms with Crippen LogP contribution in [0.3, 0.4) is 0 Å². The number of nitrogens with one attached hydrogen (secondary N) is 3. The number of hydrogen-bond donors (Lipinski definition) is 4. The van der Waals surface area contributed by atoms with Crippen molar-refractivity contribution in [1.29, 1.82) is 0 Å². The summed E-state index contributed by atoms with van der Waals surface area (Å²) >= 11 is 0. The number of likely N-dealkylation sites (tertiary alicyclic amines) is 1. The molecule has 12 nitrogen and oxygen atoms in total. The fraction of sp³-hybridized carbons (Fsp3) is 0.786. The molecular formula is C14H25N5O7S. The van der Waals surface area contributed by atoms with Crippen LogP contribution in [0, 0.1) is 5.92 Å². The van der Waals surface area contributed by atoms with E-state index in [1.165, 1.54) is 0 Å². The quantitative estimate of drug-likeness (QED) is 0.218. The molecule has 0 radical (unpaired) electrons. The molecule has 3 unspecified atom stereocenters. The first kappa shape index (κ1) is 21.5. The number of hydrazine groups is 1. The highest BCUT2D eigenvalue weighted by atomic mass is 32.3. The van der Waals surface area contributed by atoms with Gasteiger partial charge in [0.1, 0.15) is 0 Å². The first-order valence-electron chi connectivity index (χ1n) is 8.62. The van der Waals surface area contributed by atoms with Crippen LogP contribution in [0.4, 0.5) is 0 Å². The minimum Gasteiger partial charge on any atom is -0.316 e. The maximum atomic E-state index is 12.3. The zero-order valence-corrected chi connectivity index (χ0v) is 15.8. The summed E-state index contributed by atoms with van der Waals surface area (Å²) in [5.41, 5.74) is 4.86. The Morgan fingerprint density at radius 2 is 1.96 bits per heavy atom. The lowest BCUT2D eigenvalue weighted by Gasteiger charge is -2.38. The lowest BCUT2D eigenvalue weighted by molar-refractivity contribution is -0.157. The van der Waals surface area contributed by atoms with E-state index in [-0.39, 0.29) is 31.2 Å². The lowest BCUT2D eigenvalue weighted by atomic mass is 9.98. The van der Waals surface area contributed by atoms with E-state index >= 15 is 0 Å². The van der Waals surface area contributed by atoms with Crippen LogP contribution >= 0.6 is 0 Å². The largest absolute Gasteiger partial charge is 0.418 e. The maximum Gasteiger partial charge on any atom is 0.418 e. The molecule has 0 saturated carbocycles. The summed E-state index contributed by atoms with van der Waals surface area (Å²) in [6, 6.07) is -1.22. The van der Waals surface area contributed by atoms with Gasteiger partial charge < -0.3 is 5.32 Å². The van der Waals surface area contributed by atoms with Gasteiger partial charge in [0.2, 0.25) is 12.3 Å². The molecule has 0 aromatic carbocycles. The molecule has 13 heteroatoms. The van der Waals surface area contributed by atoms with E-state index in [1.54, 1.807) is 11.9 Å². The SMILES string of the molecule is CN1CC(N(C=O)OS(=O)(=O)O)CCC1C(=O)NNC(=O)C1CCCNC1. The number of likely N-dealkylation sites (N-methyl/N-ethyl adjacent to an activating group) is 1. The van der Waals surface area contributed by atoms with Crippen LogP contribution in [-0.2, 0) is 29.1 Å². The van der Waals surface area contributed by atoms with E-state index in [0.29, 0.717) is 18.0 Å². The molecule has 0 spiro atoms. The molecule has 2 saturated heterocycles. The van der Waals surface area contributed by atoms with Crippen molar-refractivity contribution in [2.24, 2.45) is 5.92 Å². The Labute approximate surface area is 157 Å². The average molecular weight is 407 g/mol. The van der Waals surface area contributed by atoms with Crippen molar-refractivity contribution < 1.29 is 31.6 Å². The third kappa shape index (κ3) is 6.39. The summed E-state index contributed by atoms with van der Waals surface area (Å²) in [5.74, 6) is -0.840. The average Bonchev–Trinajstić information content (AvgIpc) is 2.63. The Kier molecular flexibility index (Phi) is 7.49. The molecule has 2 aliphatic heterocycles. The Hall–Kier alpha value is -1.80. The van der Waals surface area contributed by atoms with Gasteiger partial charge in [0.25, 0.3) is 5.91 Å². The highest BCUT2D eigenvalue weighted by Crippen LogP contribution is 2.20. The summed E-state index contributed by atoms with van der Waals surface area (Å²) in [6.45, 7) is 1.60. The Morgan fingerprint density at radius 1 is 1.26 bits per heavy atom. The van der Waals surface area contributed by atoms with Crippen LogP contribution in [0.5, 0.6) is 0 Å². The van der Waals surface area contributed by atoms with Gasteiger partial charge in [0.15, 0.2) is 0 Å². The molecule has 0 aliphatic carbocycles. The Balaban J connectivity index is 1.83. The van der Waals surface area contributed by atoms with Gasteiger partial charge in [-0.05, 0) is 39.3 Å².